The lowest BCUT2D eigenvalue weighted by atomic mass is 9.91. The number of amidine groups is 1. The summed E-state index contributed by atoms with van der Waals surface area (Å²) in [4.78, 5) is 21.1. The van der Waals surface area contributed by atoms with Crippen molar-refractivity contribution in [2.24, 2.45) is 10.7 Å². The number of hydrogen-bond acceptors (Lipinski definition) is 5. The van der Waals surface area contributed by atoms with Gasteiger partial charge in [0.2, 0.25) is 0 Å². The first-order valence-corrected chi connectivity index (χ1v) is 9.14. The van der Waals surface area contributed by atoms with Crippen LogP contribution in [0.5, 0.6) is 0 Å². The van der Waals surface area contributed by atoms with Gasteiger partial charge in [-0.25, -0.2) is 4.99 Å². The third-order valence-electron chi connectivity index (χ3n) is 4.50. The SMILES string of the molecule is CC(C)(C)c1cc(C(=O)Nc2ccc(CC[C@H]3COC(N)=N3)cc2)ccn1. The number of nitrogens with zero attached hydrogens (tertiary/aromatic N) is 2. The number of hydrogen-bond donors (Lipinski definition) is 2. The topological polar surface area (TPSA) is 89.6 Å². The van der Waals surface area contributed by atoms with Crippen molar-refractivity contribution in [3.05, 3.63) is 59.4 Å². The van der Waals surface area contributed by atoms with E-state index in [4.69, 9.17) is 10.5 Å². The molecule has 1 aliphatic rings. The normalized spacial score (nSPS) is 16.6. The zero-order valence-corrected chi connectivity index (χ0v) is 16.0. The van der Waals surface area contributed by atoms with E-state index in [1.807, 2.05) is 30.3 Å². The number of nitrogens with one attached hydrogen (secondary N) is 1. The Balaban J connectivity index is 1.58. The Morgan fingerprint density at radius 1 is 1.26 bits per heavy atom. The average Bonchev–Trinajstić information content (AvgIpc) is 3.06. The van der Waals surface area contributed by atoms with Crippen LogP contribution in [0.1, 0.15) is 48.8 Å². The Morgan fingerprint density at radius 3 is 2.63 bits per heavy atom. The predicted octanol–water partition coefficient (Wildman–Crippen LogP) is 3.28. The molecule has 1 atom stereocenters. The summed E-state index contributed by atoms with van der Waals surface area (Å²) < 4.78 is 5.16. The molecular weight excluding hydrogens is 340 g/mol. The van der Waals surface area contributed by atoms with Crippen LogP contribution in [0, 0.1) is 0 Å². The van der Waals surface area contributed by atoms with Crippen molar-refractivity contribution in [3.8, 4) is 0 Å². The van der Waals surface area contributed by atoms with E-state index in [1.54, 1.807) is 12.3 Å². The number of benzene rings is 1. The van der Waals surface area contributed by atoms with Crippen LogP contribution in [-0.2, 0) is 16.6 Å². The van der Waals surface area contributed by atoms with E-state index in [0.29, 0.717) is 12.2 Å². The van der Waals surface area contributed by atoms with Crippen LogP contribution in [0.15, 0.2) is 47.6 Å². The largest absolute Gasteiger partial charge is 0.463 e. The van der Waals surface area contributed by atoms with Crippen molar-refractivity contribution < 1.29 is 9.53 Å². The van der Waals surface area contributed by atoms with Gasteiger partial charge in [-0.3, -0.25) is 9.78 Å². The number of anilines is 1. The van der Waals surface area contributed by atoms with Gasteiger partial charge in [-0.1, -0.05) is 32.9 Å². The third-order valence-corrected chi connectivity index (χ3v) is 4.50. The molecule has 0 saturated carbocycles. The fourth-order valence-electron chi connectivity index (χ4n) is 2.86. The van der Waals surface area contributed by atoms with E-state index in [2.05, 4.69) is 36.1 Å². The predicted molar refractivity (Wildman–Crippen MR) is 107 cm³/mol. The minimum Gasteiger partial charge on any atom is -0.463 e. The van der Waals surface area contributed by atoms with Crippen LogP contribution in [0.3, 0.4) is 0 Å². The second-order valence-electron chi connectivity index (χ2n) is 7.80. The molecule has 0 saturated heterocycles. The van der Waals surface area contributed by atoms with Gasteiger partial charge in [0.05, 0.1) is 6.04 Å². The number of amides is 1. The molecule has 1 aromatic carbocycles. The lowest BCUT2D eigenvalue weighted by Gasteiger charge is -2.18. The van der Waals surface area contributed by atoms with Gasteiger partial charge in [-0.2, -0.15) is 0 Å². The van der Waals surface area contributed by atoms with Crippen LogP contribution < -0.4 is 11.1 Å². The second kappa shape index (κ2) is 7.78. The molecule has 6 nitrogen and oxygen atoms in total. The van der Waals surface area contributed by atoms with E-state index in [-0.39, 0.29) is 23.4 Å². The number of aryl methyl sites for hydroxylation is 1. The molecule has 2 aromatic rings. The number of aliphatic imine (C=N–C) groups is 1. The van der Waals surface area contributed by atoms with E-state index in [9.17, 15) is 4.79 Å². The van der Waals surface area contributed by atoms with Gasteiger partial charge in [0.1, 0.15) is 6.61 Å². The minimum absolute atomic E-state index is 0.100. The first kappa shape index (κ1) is 18.9. The van der Waals surface area contributed by atoms with Gasteiger partial charge in [-0.05, 0) is 42.7 Å². The summed E-state index contributed by atoms with van der Waals surface area (Å²) in [5.41, 5.74) is 8.88. The summed E-state index contributed by atoms with van der Waals surface area (Å²) in [6.45, 7) is 6.79. The molecular formula is C21H26N4O2. The van der Waals surface area contributed by atoms with E-state index in [0.717, 1.165) is 24.2 Å². The number of carbonyl (C=O) groups excluding carboxylic acids is 1. The van der Waals surface area contributed by atoms with Crippen molar-refractivity contribution in [2.45, 2.75) is 45.1 Å². The van der Waals surface area contributed by atoms with Crippen LogP contribution in [0.4, 0.5) is 5.69 Å². The van der Waals surface area contributed by atoms with E-state index in [1.165, 1.54) is 5.56 Å². The minimum atomic E-state index is -0.136. The highest BCUT2D eigenvalue weighted by Gasteiger charge is 2.18. The number of pyridine rings is 1. The smallest absolute Gasteiger partial charge is 0.282 e. The summed E-state index contributed by atoms with van der Waals surface area (Å²) >= 11 is 0. The average molecular weight is 366 g/mol. The molecule has 3 N–H and O–H groups in total. The van der Waals surface area contributed by atoms with Crippen LogP contribution in [-0.4, -0.2) is 29.6 Å². The molecule has 1 amide bonds. The van der Waals surface area contributed by atoms with Crippen LogP contribution >= 0.6 is 0 Å². The number of aromatic nitrogens is 1. The molecule has 0 fully saturated rings. The summed E-state index contributed by atoms with van der Waals surface area (Å²) in [6.07, 6.45) is 3.46. The molecule has 2 heterocycles. The van der Waals surface area contributed by atoms with E-state index < -0.39 is 0 Å². The maximum atomic E-state index is 12.5. The van der Waals surface area contributed by atoms with Gasteiger partial charge in [0, 0.05) is 28.6 Å². The number of carbonyl (C=O) groups is 1. The maximum Gasteiger partial charge on any atom is 0.282 e. The van der Waals surface area contributed by atoms with Gasteiger partial charge in [-0.15, -0.1) is 0 Å². The molecule has 0 bridgehead atoms. The first-order valence-electron chi connectivity index (χ1n) is 9.14. The Kier molecular flexibility index (Phi) is 5.44. The van der Waals surface area contributed by atoms with Crippen LogP contribution in [0.25, 0.3) is 0 Å². The summed E-state index contributed by atoms with van der Waals surface area (Å²) in [7, 11) is 0. The standard InChI is InChI=1S/C21H26N4O2/c1-21(2,3)18-12-15(10-11-23-18)19(26)24-16-7-4-14(5-8-16)6-9-17-13-27-20(22)25-17/h4-5,7-8,10-12,17H,6,9,13H2,1-3H3,(H2,22,25)(H,24,26)/t17-/m0/s1. The molecule has 0 aliphatic carbocycles. The molecule has 3 rings (SSSR count). The van der Waals surface area contributed by atoms with Crippen molar-refractivity contribution in [2.75, 3.05) is 11.9 Å². The van der Waals surface area contributed by atoms with Crippen molar-refractivity contribution in [1.82, 2.24) is 4.98 Å². The Labute approximate surface area is 159 Å². The summed E-state index contributed by atoms with van der Waals surface area (Å²) in [5.74, 6) is -0.136. The number of rotatable bonds is 5. The third kappa shape index (κ3) is 5.06. The molecule has 0 spiro atoms. The number of nitrogens with two attached hydrogens (primary N) is 1. The van der Waals surface area contributed by atoms with E-state index >= 15 is 0 Å². The highest BCUT2D eigenvalue weighted by atomic mass is 16.5. The molecule has 142 valence electrons. The molecule has 1 aromatic heterocycles. The van der Waals surface area contributed by atoms with Gasteiger partial charge < -0.3 is 15.8 Å². The summed E-state index contributed by atoms with van der Waals surface area (Å²) in [5, 5.41) is 2.94. The van der Waals surface area contributed by atoms with Crippen molar-refractivity contribution in [3.63, 3.8) is 0 Å². The maximum absolute atomic E-state index is 12.5. The lowest BCUT2D eigenvalue weighted by Crippen LogP contribution is -2.17. The molecule has 0 unspecified atom stereocenters. The fraction of sp³-hybridized carbons (Fsp3) is 0.381. The Hall–Kier alpha value is -2.89. The fourth-order valence-corrected chi connectivity index (χ4v) is 2.86. The highest BCUT2D eigenvalue weighted by molar-refractivity contribution is 6.04. The monoisotopic (exact) mass is 366 g/mol. The van der Waals surface area contributed by atoms with Crippen LogP contribution in [0.2, 0.25) is 0 Å². The zero-order chi connectivity index (χ0) is 19.4. The zero-order valence-electron chi connectivity index (χ0n) is 16.0. The highest BCUT2D eigenvalue weighted by Crippen LogP contribution is 2.21. The Morgan fingerprint density at radius 2 is 2.00 bits per heavy atom. The second-order valence-corrected chi connectivity index (χ2v) is 7.80. The van der Waals surface area contributed by atoms with Gasteiger partial charge in [0.15, 0.2) is 0 Å². The lowest BCUT2D eigenvalue weighted by molar-refractivity contribution is 0.102. The summed E-state index contributed by atoms with van der Waals surface area (Å²) in [6, 6.07) is 11.9. The molecule has 1 aliphatic heterocycles. The Bertz CT molecular complexity index is 838. The molecule has 6 heteroatoms. The molecule has 0 radical (unpaired) electrons. The molecule has 27 heavy (non-hydrogen) atoms. The van der Waals surface area contributed by atoms with Crippen molar-refractivity contribution in [1.29, 1.82) is 0 Å². The van der Waals surface area contributed by atoms with Crippen molar-refractivity contribution >= 4 is 17.6 Å². The van der Waals surface area contributed by atoms with Gasteiger partial charge >= 0.3 is 0 Å². The number of ether oxygens (including phenoxy) is 1. The van der Waals surface area contributed by atoms with Gasteiger partial charge in [0.25, 0.3) is 11.9 Å². The quantitative estimate of drug-likeness (QED) is 0.850. The first-order chi connectivity index (χ1) is 12.8.